The third kappa shape index (κ3) is 5.14. The van der Waals surface area contributed by atoms with Gasteiger partial charge >= 0.3 is 12.8 Å². The van der Waals surface area contributed by atoms with Gasteiger partial charge in [-0.2, -0.15) is 26.9 Å². The van der Waals surface area contributed by atoms with Gasteiger partial charge in [-0.1, -0.05) is 24.3 Å². The summed E-state index contributed by atoms with van der Waals surface area (Å²) in [5.41, 5.74) is 0.400. The molecule has 0 saturated heterocycles. The van der Waals surface area contributed by atoms with E-state index in [9.17, 15) is 26.7 Å². The van der Waals surface area contributed by atoms with Crippen LogP contribution in [0.2, 0.25) is 0 Å². The predicted molar refractivity (Wildman–Crippen MR) is 134 cm³/mol. The van der Waals surface area contributed by atoms with Crippen LogP contribution < -0.4 is 10.3 Å². The van der Waals surface area contributed by atoms with Crippen molar-refractivity contribution in [2.24, 2.45) is 0 Å². The first-order chi connectivity index (χ1) is 19.6. The molecule has 0 N–H and O–H groups in total. The summed E-state index contributed by atoms with van der Waals surface area (Å²) in [4.78, 5) is 29.2. The molecule has 10 nitrogen and oxygen atoms in total. The molecular formula is C26H21F5N8O2. The van der Waals surface area contributed by atoms with E-state index in [0.29, 0.717) is 23.4 Å². The first kappa shape index (κ1) is 26.5. The molecule has 4 heterocycles. The standard InChI is InChI=1S/C26H21F5N8O2/c1-2-37-12-17(26(29,30)31)34-22(37)16-5-3-14(4-6-16)11-38-18(40)9-10-39-25(38)35-21(36-39)19-20(15-7-8-15)32-13-33-23(19)41-24(27)28/h3-6,9-10,12-13,15,24H,2,7-8,11H2,1H3. The highest BCUT2D eigenvalue weighted by atomic mass is 19.4. The molecule has 4 aromatic heterocycles. The molecular weight excluding hydrogens is 551 g/mol. The van der Waals surface area contributed by atoms with E-state index >= 15 is 0 Å². The highest BCUT2D eigenvalue weighted by molar-refractivity contribution is 5.67. The molecule has 1 aliphatic rings. The third-order valence-corrected chi connectivity index (χ3v) is 6.67. The zero-order valence-electron chi connectivity index (χ0n) is 21.4. The lowest BCUT2D eigenvalue weighted by atomic mass is 10.1. The van der Waals surface area contributed by atoms with Crippen LogP contribution in [0, 0.1) is 0 Å². The number of rotatable bonds is 8. The van der Waals surface area contributed by atoms with E-state index in [1.54, 1.807) is 31.2 Å². The van der Waals surface area contributed by atoms with Gasteiger partial charge in [0.15, 0.2) is 11.5 Å². The quantitative estimate of drug-likeness (QED) is 0.247. The van der Waals surface area contributed by atoms with Crippen LogP contribution in [0.25, 0.3) is 28.6 Å². The fraction of sp³-hybridized carbons (Fsp3) is 0.308. The first-order valence-corrected chi connectivity index (χ1v) is 12.6. The Hall–Kier alpha value is -4.69. The molecule has 15 heteroatoms. The minimum absolute atomic E-state index is 0.0321. The fourth-order valence-electron chi connectivity index (χ4n) is 4.57. The highest BCUT2D eigenvalue weighted by Gasteiger charge is 2.35. The average molecular weight is 572 g/mol. The van der Waals surface area contributed by atoms with Gasteiger partial charge < -0.3 is 9.30 Å². The van der Waals surface area contributed by atoms with E-state index in [4.69, 9.17) is 0 Å². The topological polar surface area (TPSA) is 105 Å². The Labute approximate surface area is 228 Å². The number of hydrogen-bond acceptors (Lipinski definition) is 7. The van der Waals surface area contributed by atoms with Gasteiger partial charge in [-0.3, -0.25) is 9.36 Å². The van der Waals surface area contributed by atoms with E-state index in [2.05, 4.69) is 29.8 Å². The van der Waals surface area contributed by atoms with Crippen LogP contribution >= 0.6 is 0 Å². The van der Waals surface area contributed by atoms with Crippen molar-refractivity contribution in [2.75, 3.05) is 0 Å². The summed E-state index contributed by atoms with van der Waals surface area (Å²) in [5, 5.41) is 4.40. The zero-order valence-corrected chi connectivity index (χ0v) is 21.4. The zero-order chi connectivity index (χ0) is 28.9. The molecule has 41 heavy (non-hydrogen) atoms. The van der Waals surface area contributed by atoms with Gasteiger partial charge in [-0.05, 0) is 25.3 Å². The van der Waals surface area contributed by atoms with Gasteiger partial charge in [-0.25, -0.2) is 19.5 Å². The lowest BCUT2D eigenvalue weighted by Crippen LogP contribution is -2.22. The molecule has 0 amide bonds. The minimum atomic E-state index is -4.57. The van der Waals surface area contributed by atoms with Gasteiger partial charge in [0.2, 0.25) is 11.7 Å². The van der Waals surface area contributed by atoms with Crippen LogP contribution in [-0.4, -0.2) is 45.3 Å². The maximum atomic E-state index is 13.2. The van der Waals surface area contributed by atoms with Crippen LogP contribution in [0.1, 0.15) is 42.6 Å². The molecule has 1 aromatic carbocycles. The molecule has 0 spiro atoms. The summed E-state index contributed by atoms with van der Waals surface area (Å²) in [6.07, 6.45) is 0.608. The molecule has 1 saturated carbocycles. The lowest BCUT2D eigenvalue weighted by Gasteiger charge is -2.10. The van der Waals surface area contributed by atoms with Crippen molar-refractivity contribution < 1.29 is 26.7 Å². The minimum Gasteiger partial charge on any atom is -0.416 e. The summed E-state index contributed by atoms with van der Waals surface area (Å²) < 4.78 is 74.6. The second-order valence-electron chi connectivity index (χ2n) is 9.44. The van der Waals surface area contributed by atoms with Gasteiger partial charge in [0.1, 0.15) is 17.7 Å². The van der Waals surface area contributed by atoms with E-state index in [1.807, 2.05) is 0 Å². The molecule has 1 aliphatic carbocycles. The van der Waals surface area contributed by atoms with Crippen molar-refractivity contribution in [3.8, 4) is 28.7 Å². The Kier molecular flexibility index (Phi) is 6.50. The summed E-state index contributed by atoms with van der Waals surface area (Å²) in [5.74, 6) is 0.0321. The van der Waals surface area contributed by atoms with Crippen LogP contribution in [0.3, 0.4) is 0 Å². The van der Waals surface area contributed by atoms with Crippen molar-refractivity contribution in [1.82, 2.24) is 38.7 Å². The van der Waals surface area contributed by atoms with E-state index in [1.165, 1.54) is 25.9 Å². The number of aryl methyl sites for hydroxylation is 1. The Bertz CT molecular complexity index is 1790. The number of hydrogen-bond donors (Lipinski definition) is 0. The number of alkyl halides is 5. The Morgan fingerprint density at radius 2 is 1.83 bits per heavy atom. The largest absolute Gasteiger partial charge is 0.434 e. The lowest BCUT2D eigenvalue weighted by molar-refractivity contribution is -0.140. The summed E-state index contributed by atoms with van der Waals surface area (Å²) in [6.45, 7) is -1.05. The van der Waals surface area contributed by atoms with Crippen molar-refractivity contribution in [3.63, 3.8) is 0 Å². The van der Waals surface area contributed by atoms with Crippen LogP contribution in [-0.2, 0) is 19.3 Å². The van der Waals surface area contributed by atoms with Crippen molar-refractivity contribution in [3.05, 3.63) is 76.4 Å². The number of imidazole rings is 1. The molecule has 1 fully saturated rings. The average Bonchev–Trinajstić information content (AvgIpc) is 3.53. The summed E-state index contributed by atoms with van der Waals surface area (Å²) in [7, 11) is 0. The SMILES string of the molecule is CCn1cc(C(F)(F)F)nc1-c1ccc(Cn2c(=O)ccn3nc(-c4c(OC(F)F)ncnc4C4CC4)nc23)cc1. The summed E-state index contributed by atoms with van der Waals surface area (Å²) in [6, 6.07) is 7.89. The normalized spacial score (nSPS) is 13.8. The Balaban J connectivity index is 1.36. The number of aromatic nitrogens is 8. The number of nitrogens with zero attached hydrogens (tertiary/aromatic N) is 8. The van der Waals surface area contributed by atoms with Crippen LogP contribution in [0.4, 0.5) is 22.0 Å². The molecule has 0 atom stereocenters. The number of ether oxygens (including phenoxy) is 1. The molecule has 5 aromatic rings. The first-order valence-electron chi connectivity index (χ1n) is 12.6. The molecule has 0 bridgehead atoms. The molecule has 0 unspecified atom stereocenters. The smallest absolute Gasteiger partial charge is 0.416 e. The van der Waals surface area contributed by atoms with Crippen molar-refractivity contribution in [1.29, 1.82) is 0 Å². The predicted octanol–water partition coefficient (Wildman–Crippen LogP) is 4.78. The monoisotopic (exact) mass is 572 g/mol. The summed E-state index contributed by atoms with van der Waals surface area (Å²) >= 11 is 0. The maximum absolute atomic E-state index is 13.2. The third-order valence-electron chi connectivity index (χ3n) is 6.67. The fourth-order valence-corrected chi connectivity index (χ4v) is 4.57. The van der Waals surface area contributed by atoms with E-state index < -0.39 is 24.0 Å². The number of fused-ring (bicyclic) bond motifs is 1. The van der Waals surface area contributed by atoms with E-state index in [-0.39, 0.29) is 41.3 Å². The maximum Gasteiger partial charge on any atom is 0.434 e. The van der Waals surface area contributed by atoms with E-state index in [0.717, 1.165) is 25.4 Å². The highest BCUT2D eigenvalue weighted by Crippen LogP contribution is 2.45. The van der Waals surface area contributed by atoms with Gasteiger partial charge in [0.25, 0.3) is 5.56 Å². The van der Waals surface area contributed by atoms with Crippen LogP contribution in [0.5, 0.6) is 5.88 Å². The van der Waals surface area contributed by atoms with Gasteiger partial charge in [0.05, 0.1) is 12.2 Å². The number of benzene rings is 1. The second-order valence-corrected chi connectivity index (χ2v) is 9.44. The Morgan fingerprint density at radius 3 is 2.49 bits per heavy atom. The number of halogens is 5. The molecule has 6 rings (SSSR count). The van der Waals surface area contributed by atoms with Crippen molar-refractivity contribution >= 4 is 5.78 Å². The van der Waals surface area contributed by atoms with Crippen LogP contribution in [0.15, 0.2) is 53.8 Å². The Morgan fingerprint density at radius 1 is 1.07 bits per heavy atom. The second kappa shape index (κ2) is 10.1. The van der Waals surface area contributed by atoms with Crippen molar-refractivity contribution in [2.45, 2.75) is 51.6 Å². The van der Waals surface area contributed by atoms with Gasteiger partial charge in [0, 0.05) is 36.5 Å². The molecule has 0 aliphatic heterocycles. The molecule has 0 radical (unpaired) electrons. The van der Waals surface area contributed by atoms with Gasteiger partial charge in [-0.15, -0.1) is 5.10 Å². The molecule has 212 valence electrons.